The van der Waals surface area contributed by atoms with Gasteiger partial charge in [0, 0.05) is 31.3 Å². The van der Waals surface area contributed by atoms with E-state index in [2.05, 4.69) is 101 Å². The average molecular weight is 841 g/mol. The molecule has 314 valence electrons. The van der Waals surface area contributed by atoms with Gasteiger partial charge in [-0.15, -0.1) is 22.7 Å². The van der Waals surface area contributed by atoms with Crippen LogP contribution in [0.5, 0.6) is 23.0 Å². The summed E-state index contributed by atoms with van der Waals surface area (Å²) in [6.07, 6.45) is 9.53. The second kappa shape index (κ2) is 21.9. The van der Waals surface area contributed by atoms with Crippen molar-refractivity contribution in [2.75, 3.05) is 27.4 Å². The fourth-order valence-corrected chi connectivity index (χ4v) is 9.39. The Kier molecular flexibility index (Phi) is 16.3. The first kappa shape index (κ1) is 44.4. The molecular weight excluding hydrogens is 781 g/mol. The summed E-state index contributed by atoms with van der Waals surface area (Å²) < 4.78 is 24.1. The number of unbranched alkanes of at least 4 members (excludes halogenated alkanes) is 2. The van der Waals surface area contributed by atoms with E-state index in [0.29, 0.717) is 28.9 Å². The van der Waals surface area contributed by atoms with Crippen molar-refractivity contribution in [3.63, 3.8) is 0 Å². The third-order valence-corrected chi connectivity index (χ3v) is 13.7. The van der Waals surface area contributed by atoms with Crippen LogP contribution in [0.4, 0.5) is 0 Å². The normalized spacial score (nSPS) is 12.2. The van der Waals surface area contributed by atoms with Gasteiger partial charge < -0.3 is 18.9 Å². The zero-order valence-electron chi connectivity index (χ0n) is 36.2. The number of ketones is 1. The quantitative estimate of drug-likeness (QED) is 0.0602. The van der Waals surface area contributed by atoms with Crippen molar-refractivity contribution in [2.45, 2.75) is 79.1 Å². The lowest BCUT2D eigenvalue weighted by molar-refractivity contribution is 0.104. The Morgan fingerprint density at radius 1 is 0.567 bits per heavy atom. The van der Waals surface area contributed by atoms with E-state index in [9.17, 15) is 4.79 Å². The van der Waals surface area contributed by atoms with E-state index in [1.165, 1.54) is 49.9 Å². The summed E-state index contributed by atoms with van der Waals surface area (Å²) in [4.78, 5) is 17.4. The predicted molar refractivity (Wildman–Crippen MR) is 254 cm³/mol. The number of benzene rings is 4. The Hall–Kier alpha value is -5.11. The first-order chi connectivity index (χ1) is 29.3. The van der Waals surface area contributed by atoms with Gasteiger partial charge in [-0.05, 0) is 132 Å². The standard InChI is InChI=1S/C53H60O5S2/c1-8-12-14-37(10-3)34-57-43-22-16-39(17-23-43)36(5)49-28-29-50(59-49)45-26-20-41(32-47(45)55-6)42-21-27-46(48(33-42)56-7)51-30-31-52(60-51)53(54)40-18-24-44(25-19-40)58-35-38(11-4)15-13-9-2/h16-33,37-38H,5,8-15,34-35H2,1-4,6-7H3. The average Bonchev–Trinajstić information content (AvgIpc) is 4.00. The number of methoxy groups -OCH3 is 2. The summed E-state index contributed by atoms with van der Waals surface area (Å²) in [5.41, 5.74) is 6.68. The third-order valence-electron chi connectivity index (χ3n) is 11.4. The van der Waals surface area contributed by atoms with Gasteiger partial charge in [0.05, 0.1) is 32.3 Å². The summed E-state index contributed by atoms with van der Waals surface area (Å²) in [5.74, 6) is 4.37. The molecule has 0 saturated carbocycles. The highest BCUT2D eigenvalue weighted by atomic mass is 32.1. The molecule has 5 nitrogen and oxygen atoms in total. The molecule has 2 aromatic heterocycles. The van der Waals surface area contributed by atoms with Gasteiger partial charge in [-0.1, -0.05) is 97.1 Å². The summed E-state index contributed by atoms with van der Waals surface area (Å²) in [6, 6.07) is 36.5. The number of carbonyl (C=O) groups excluding carboxylic acids is 1. The fourth-order valence-electron chi connectivity index (χ4n) is 7.36. The maximum atomic E-state index is 13.5. The summed E-state index contributed by atoms with van der Waals surface area (Å²) in [5, 5.41) is 0. The first-order valence-corrected chi connectivity index (χ1v) is 23.2. The molecule has 6 rings (SSSR count). The van der Waals surface area contributed by atoms with Crippen LogP contribution in [0.25, 0.3) is 37.6 Å². The largest absolute Gasteiger partial charge is 0.496 e. The van der Waals surface area contributed by atoms with Crippen LogP contribution in [0, 0.1) is 11.8 Å². The topological polar surface area (TPSA) is 54.0 Å². The predicted octanol–water partition coefficient (Wildman–Crippen LogP) is 15.3. The number of ether oxygens (including phenoxy) is 4. The van der Waals surface area contributed by atoms with Crippen LogP contribution in [-0.2, 0) is 0 Å². The smallest absolute Gasteiger partial charge is 0.202 e. The molecule has 0 spiro atoms. The molecule has 0 bridgehead atoms. The fraction of sp³-hybridized carbons (Fsp3) is 0.340. The minimum Gasteiger partial charge on any atom is -0.496 e. The second-order valence-electron chi connectivity index (χ2n) is 15.5. The van der Waals surface area contributed by atoms with Crippen molar-refractivity contribution in [1.29, 1.82) is 0 Å². The molecule has 60 heavy (non-hydrogen) atoms. The molecule has 2 heterocycles. The lowest BCUT2D eigenvalue weighted by Gasteiger charge is -2.16. The van der Waals surface area contributed by atoms with E-state index in [1.54, 1.807) is 25.6 Å². The molecule has 7 heteroatoms. The van der Waals surface area contributed by atoms with Crippen LogP contribution in [0.15, 0.2) is 116 Å². The zero-order valence-corrected chi connectivity index (χ0v) is 37.8. The molecule has 4 aromatic carbocycles. The minimum absolute atomic E-state index is 0.00485. The maximum Gasteiger partial charge on any atom is 0.202 e. The number of thiophene rings is 2. The molecule has 6 aromatic rings. The van der Waals surface area contributed by atoms with Crippen molar-refractivity contribution >= 4 is 34.0 Å². The highest BCUT2D eigenvalue weighted by molar-refractivity contribution is 7.17. The lowest BCUT2D eigenvalue weighted by Crippen LogP contribution is -2.11. The van der Waals surface area contributed by atoms with Crippen LogP contribution < -0.4 is 18.9 Å². The summed E-state index contributed by atoms with van der Waals surface area (Å²) >= 11 is 3.18. The third kappa shape index (κ3) is 11.2. The molecule has 0 aliphatic carbocycles. The van der Waals surface area contributed by atoms with Crippen LogP contribution in [0.3, 0.4) is 0 Å². The van der Waals surface area contributed by atoms with Gasteiger partial charge in [0.25, 0.3) is 0 Å². The Morgan fingerprint density at radius 2 is 1.02 bits per heavy atom. The monoisotopic (exact) mass is 840 g/mol. The minimum atomic E-state index is -0.00485. The lowest BCUT2D eigenvalue weighted by atomic mass is 10.00. The van der Waals surface area contributed by atoms with Gasteiger partial charge in [-0.2, -0.15) is 0 Å². The Labute approximate surface area is 366 Å². The van der Waals surface area contributed by atoms with Gasteiger partial charge in [-0.25, -0.2) is 0 Å². The molecule has 0 saturated heterocycles. The molecule has 0 aliphatic rings. The van der Waals surface area contributed by atoms with E-state index in [4.69, 9.17) is 18.9 Å². The highest BCUT2D eigenvalue weighted by Crippen LogP contribution is 2.42. The van der Waals surface area contributed by atoms with E-state index in [-0.39, 0.29) is 5.78 Å². The number of rotatable bonds is 23. The molecule has 0 radical (unpaired) electrons. The number of hydrogen-bond donors (Lipinski definition) is 0. The summed E-state index contributed by atoms with van der Waals surface area (Å²) in [7, 11) is 3.40. The van der Waals surface area contributed by atoms with Crippen molar-refractivity contribution in [3.8, 4) is 55.0 Å². The van der Waals surface area contributed by atoms with Crippen molar-refractivity contribution in [2.24, 2.45) is 11.8 Å². The van der Waals surface area contributed by atoms with Crippen LogP contribution in [0.1, 0.15) is 105 Å². The van der Waals surface area contributed by atoms with Gasteiger partial charge in [0.15, 0.2) is 0 Å². The molecule has 2 atom stereocenters. The van der Waals surface area contributed by atoms with Crippen LogP contribution in [-0.4, -0.2) is 33.2 Å². The molecule has 0 fully saturated rings. The molecule has 0 amide bonds. The van der Waals surface area contributed by atoms with Gasteiger partial charge in [0.2, 0.25) is 5.78 Å². The number of carbonyl (C=O) groups is 1. The van der Waals surface area contributed by atoms with E-state index in [1.807, 2.05) is 42.5 Å². The van der Waals surface area contributed by atoms with Gasteiger partial charge in [-0.3, -0.25) is 4.79 Å². The van der Waals surface area contributed by atoms with Crippen LogP contribution in [0.2, 0.25) is 0 Å². The molecular formula is C53H60O5S2. The summed E-state index contributed by atoms with van der Waals surface area (Å²) in [6.45, 7) is 14.8. The van der Waals surface area contributed by atoms with Crippen molar-refractivity contribution in [3.05, 3.63) is 137 Å². The Balaban J connectivity index is 1.11. The highest BCUT2D eigenvalue weighted by Gasteiger charge is 2.18. The van der Waals surface area contributed by atoms with Gasteiger partial charge in [0.1, 0.15) is 23.0 Å². The zero-order chi connectivity index (χ0) is 42.4. The maximum absolute atomic E-state index is 13.5. The first-order valence-electron chi connectivity index (χ1n) is 21.6. The van der Waals surface area contributed by atoms with Gasteiger partial charge >= 0.3 is 0 Å². The second-order valence-corrected chi connectivity index (χ2v) is 17.6. The van der Waals surface area contributed by atoms with E-state index in [0.717, 1.165) is 90.5 Å². The Morgan fingerprint density at radius 3 is 1.47 bits per heavy atom. The van der Waals surface area contributed by atoms with E-state index < -0.39 is 0 Å². The molecule has 0 aliphatic heterocycles. The molecule has 2 unspecified atom stereocenters. The van der Waals surface area contributed by atoms with Crippen molar-refractivity contribution in [1.82, 2.24) is 0 Å². The number of hydrogen-bond acceptors (Lipinski definition) is 7. The molecule has 0 N–H and O–H groups in total. The Bertz CT molecular complexity index is 2140. The SMILES string of the molecule is C=C(c1ccc(OCC(CC)CCCC)cc1)c1ccc(-c2ccc(-c3ccc(-c4ccc(C(=O)c5ccc(OCC(CC)CCCC)cc5)s4)c(OC)c3)cc2OC)s1. The van der Waals surface area contributed by atoms with Crippen LogP contribution >= 0.6 is 22.7 Å². The van der Waals surface area contributed by atoms with E-state index >= 15 is 0 Å². The van der Waals surface area contributed by atoms with Crippen molar-refractivity contribution < 1.29 is 23.7 Å².